The fourth-order valence-corrected chi connectivity index (χ4v) is 3.17. The molecule has 0 radical (unpaired) electrons. The molecule has 0 spiro atoms. The number of anilines is 1. The van der Waals surface area contributed by atoms with Crippen LogP contribution in [-0.4, -0.2) is 31.4 Å². The van der Waals surface area contributed by atoms with E-state index in [1.54, 1.807) is 24.3 Å². The zero-order chi connectivity index (χ0) is 18.4. The molecule has 0 aliphatic rings. The lowest BCUT2D eigenvalue weighted by atomic mass is 10.2. The molecule has 0 atom stereocenters. The van der Waals surface area contributed by atoms with E-state index in [9.17, 15) is 17.6 Å². The van der Waals surface area contributed by atoms with E-state index in [0.717, 1.165) is 6.26 Å². The van der Waals surface area contributed by atoms with E-state index < -0.39 is 15.8 Å². The lowest BCUT2D eigenvalue weighted by molar-refractivity contribution is -0.116. The average molecular weight is 385 g/mol. The Hall–Kier alpha value is -1.96. The van der Waals surface area contributed by atoms with E-state index in [0.29, 0.717) is 16.3 Å². The summed E-state index contributed by atoms with van der Waals surface area (Å²) >= 11 is 5.85. The summed E-state index contributed by atoms with van der Waals surface area (Å²) in [5.41, 5.74) is 1.18. The highest BCUT2D eigenvalue weighted by Crippen LogP contribution is 2.15. The van der Waals surface area contributed by atoms with E-state index in [-0.39, 0.29) is 25.4 Å². The number of nitrogens with one attached hydrogen (secondary N) is 1. The van der Waals surface area contributed by atoms with Crippen molar-refractivity contribution in [1.29, 1.82) is 0 Å². The van der Waals surface area contributed by atoms with Crippen molar-refractivity contribution in [1.82, 2.24) is 4.31 Å². The third kappa shape index (κ3) is 6.45. The molecule has 5 nitrogen and oxygen atoms in total. The van der Waals surface area contributed by atoms with Crippen molar-refractivity contribution in [3.63, 3.8) is 0 Å². The number of carbonyl (C=O) groups is 1. The monoisotopic (exact) mass is 384 g/mol. The molecule has 0 saturated heterocycles. The molecule has 0 fully saturated rings. The Morgan fingerprint density at radius 3 is 2.48 bits per heavy atom. The molecule has 0 saturated carbocycles. The minimum absolute atomic E-state index is 0.0131. The largest absolute Gasteiger partial charge is 0.326 e. The molecule has 0 unspecified atom stereocenters. The zero-order valence-electron chi connectivity index (χ0n) is 13.6. The number of halogens is 2. The molecule has 2 rings (SSSR count). The summed E-state index contributed by atoms with van der Waals surface area (Å²) in [7, 11) is -3.51. The molecule has 25 heavy (non-hydrogen) atoms. The molecule has 8 heteroatoms. The fraction of sp³-hybridized carbons (Fsp3) is 0.235. The van der Waals surface area contributed by atoms with Gasteiger partial charge in [-0.2, -0.15) is 4.31 Å². The first-order valence-corrected chi connectivity index (χ1v) is 9.71. The quantitative estimate of drug-likeness (QED) is 0.796. The van der Waals surface area contributed by atoms with E-state index in [1.807, 2.05) is 0 Å². The lowest BCUT2D eigenvalue weighted by Crippen LogP contribution is -2.32. The van der Waals surface area contributed by atoms with Gasteiger partial charge in [0.2, 0.25) is 15.9 Å². The standard InChI is InChI=1S/C17H18ClFN2O3S/c1-25(23,24)21(12-13-5-7-15(19)8-6-13)10-9-17(22)20-16-4-2-3-14(18)11-16/h2-8,11H,9-10,12H2,1H3,(H,20,22). The summed E-state index contributed by atoms with van der Waals surface area (Å²) in [6.45, 7) is 0.0895. The molecule has 2 aromatic rings. The highest BCUT2D eigenvalue weighted by Gasteiger charge is 2.18. The number of nitrogens with zero attached hydrogens (tertiary/aromatic N) is 1. The van der Waals surface area contributed by atoms with Crippen molar-refractivity contribution < 1.29 is 17.6 Å². The molecular formula is C17H18ClFN2O3S. The molecule has 0 bridgehead atoms. The number of hydrogen-bond acceptors (Lipinski definition) is 3. The van der Waals surface area contributed by atoms with Crippen LogP contribution in [0.3, 0.4) is 0 Å². The Bertz CT molecular complexity index is 841. The van der Waals surface area contributed by atoms with Gasteiger partial charge in [0.1, 0.15) is 5.82 Å². The Balaban J connectivity index is 1.98. The summed E-state index contributed by atoms with van der Waals surface area (Å²) in [6, 6.07) is 12.2. The molecule has 2 aromatic carbocycles. The van der Waals surface area contributed by atoms with Crippen molar-refractivity contribution in [2.24, 2.45) is 0 Å². The molecule has 0 aliphatic carbocycles. The van der Waals surface area contributed by atoms with Gasteiger partial charge in [0.15, 0.2) is 0 Å². The predicted octanol–water partition coefficient (Wildman–Crippen LogP) is 3.27. The van der Waals surface area contributed by atoms with Crippen molar-refractivity contribution in [3.05, 3.63) is 64.9 Å². The molecule has 0 heterocycles. The maximum Gasteiger partial charge on any atom is 0.225 e. The number of sulfonamides is 1. The molecule has 0 aliphatic heterocycles. The first-order chi connectivity index (χ1) is 11.7. The summed E-state index contributed by atoms with van der Waals surface area (Å²) in [4.78, 5) is 12.0. The molecule has 0 aromatic heterocycles. The van der Waals surface area contributed by atoms with Gasteiger partial charge < -0.3 is 5.32 Å². The van der Waals surface area contributed by atoms with Crippen molar-refractivity contribution >= 4 is 33.2 Å². The van der Waals surface area contributed by atoms with E-state index in [4.69, 9.17) is 11.6 Å². The summed E-state index contributed by atoms with van der Waals surface area (Å²) in [5, 5.41) is 3.16. The van der Waals surface area contributed by atoms with Crippen molar-refractivity contribution in [2.75, 3.05) is 18.1 Å². The van der Waals surface area contributed by atoms with Gasteiger partial charge >= 0.3 is 0 Å². The second-order valence-corrected chi connectivity index (χ2v) is 7.95. The van der Waals surface area contributed by atoms with Crippen LogP contribution in [-0.2, 0) is 21.4 Å². The smallest absolute Gasteiger partial charge is 0.225 e. The van der Waals surface area contributed by atoms with Crippen molar-refractivity contribution in [3.8, 4) is 0 Å². The molecular weight excluding hydrogens is 367 g/mol. The first kappa shape index (κ1) is 19.4. The summed E-state index contributed by atoms with van der Waals surface area (Å²) in [5.74, 6) is -0.717. The van der Waals surface area contributed by atoms with E-state index in [2.05, 4.69) is 5.32 Å². The second kappa shape index (κ2) is 8.42. The van der Waals surface area contributed by atoms with Crippen LogP contribution in [0, 0.1) is 5.82 Å². The fourth-order valence-electron chi connectivity index (χ4n) is 2.17. The van der Waals surface area contributed by atoms with Gasteiger partial charge in [-0.05, 0) is 35.9 Å². The third-order valence-electron chi connectivity index (χ3n) is 3.44. The summed E-state index contributed by atoms with van der Waals surface area (Å²) in [6.07, 6.45) is 1.06. The second-order valence-electron chi connectivity index (χ2n) is 5.53. The number of hydrogen-bond donors (Lipinski definition) is 1. The Morgan fingerprint density at radius 1 is 1.20 bits per heavy atom. The van der Waals surface area contributed by atoms with Crippen LogP contribution in [0.2, 0.25) is 5.02 Å². The van der Waals surface area contributed by atoms with E-state index >= 15 is 0 Å². The maximum absolute atomic E-state index is 13.0. The SMILES string of the molecule is CS(=O)(=O)N(CCC(=O)Nc1cccc(Cl)c1)Cc1ccc(F)cc1. The van der Waals surface area contributed by atoms with Gasteiger partial charge in [0, 0.05) is 30.2 Å². The Kier molecular flexibility index (Phi) is 6.52. The van der Waals surface area contributed by atoms with Crippen LogP contribution in [0.5, 0.6) is 0 Å². The van der Waals surface area contributed by atoms with Gasteiger partial charge in [-0.1, -0.05) is 29.8 Å². The first-order valence-electron chi connectivity index (χ1n) is 7.49. The Labute approximate surface area is 151 Å². The lowest BCUT2D eigenvalue weighted by Gasteiger charge is -2.20. The highest BCUT2D eigenvalue weighted by molar-refractivity contribution is 7.88. The van der Waals surface area contributed by atoms with Crippen molar-refractivity contribution in [2.45, 2.75) is 13.0 Å². The van der Waals surface area contributed by atoms with Gasteiger partial charge in [-0.25, -0.2) is 12.8 Å². The van der Waals surface area contributed by atoms with Gasteiger partial charge in [-0.3, -0.25) is 4.79 Å². The normalized spacial score (nSPS) is 11.5. The van der Waals surface area contributed by atoms with Gasteiger partial charge in [0.05, 0.1) is 6.26 Å². The van der Waals surface area contributed by atoms with E-state index in [1.165, 1.54) is 28.6 Å². The van der Waals surface area contributed by atoms with Crippen LogP contribution in [0.4, 0.5) is 10.1 Å². The Morgan fingerprint density at radius 2 is 1.88 bits per heavy atom. The van der Waals surface area contributed by atoms with Gasteiger partial charge in [0.25, 0.3) is 0 Å². The van der Waals surface area contributed by atoms with Crippen LogP contribution in [0.15, 0.2) is 48.5 Å². The third-order valence-corrected chi connectivity index (χ3v) is 4.92. The minimum Gasteiger partial charge on any atom is -0.326 e. The highest BCUT2D eigenvalue weighted by atomic mass is 35.5. The van der Waals surface area contributed by atoms with Crippen LogP contribution in [0.25, 0.3) is 0 Å². The number of benzene rings is 2. The maximum atomic E-state index is 13.0. The number of rotatable bonds is 7. The number of amides is 1. The predicted molar refractivity (Wildman–Crippen MR) is 96.4 cm³/mol. The van der Waals surface area contributed by atoms with Crippen LogP contribution >= 0.6 is 11.6 Å². The average Bonchev–Trinajstić information content (AvgIpc) is 2.52. The van der Waals surface area contributed by atoms with Crippen LogP contribution in [0.1, 0.15) is 12.0 Å². The minimum atomic E-state index is -3.51. The molecule has 134 valence electrons. The topological polar surface area (TPSA) is 66.5 Å². The summed E-state index contributed by atoms with van der Waals surface area (Å²) < 4.78 is 38.0. The number of carbonyl (C=O) groups excluding carboxylic acids is 1. The molecule has 1 amide bonds. The van der Waals surface area contributed by atoms with Crippen LogP contribution < -0.4 is 5.32 Å². The van der Waals surface area contributed by atoms with Gasteiger partial charge in [-0.15, -0.1) is 0 Å². The molecule has 1 N–H and O–H groups in total. The zero-order valence-corrected chi connectivity index (χ0v) is 15.1.